The van der Waals surface area contributed by atoms with Crippen LogP contribution in [0, 0.1) is 11.3 Å². The fourth-order valence-electron chi connectivity index (χ4n) is 1.71. The molecule has 2 aromatic heterocycles. The molecule has 0 bridgehead atoms. The average Bonchev–Trinajstić information content (AvgIpc) is 3.17. The lowest BCUT2D eigenvalue weighted by molar-refractivity contribution is 0.642. The van der Waals surface area contributed by atoms with Gasteiger partial charge in [0.1, 0.15) is 11.1 Å². The number of nitrogens with two attached hydrogens (primary N) is 1. The number of nitrogen functional groups attached to an aromatic ring is 1. The molecule has 0 radical (unpaired) electrons. The first kappa shape index (κ1) is 11.8. The zero-order valence-corrected chi connectivity index (χ0v) is 10.6. The lowest BCUT2D eigenvalue weighted by atomic mass is 10.3. The quantitative estimate of drug-likeness (QED) is 0.859. The van der Waals surface area contributed by atoms with Gasteiger partial charge >= 0.3 is 5.69 Å². The number of rotatable bonds is 3. The van der Waals surface area contributed by atoms with Crippen LogP contribution in [0.25, 0.3) is 0 Å². The minimum atomic E-state index is -0.207. The topological polar surface area (TPSA) is 113 Å². The van der Waals surface area contributed by atoms with Crippen LogP contribution in [0.1, 0.15) is 24.6 Å². The average molecular weight is 274 g/mol. The van der Waals surface area contributed by atoms with Gasteiger partial charge in [0.25, 0.3) is 0 Å². The molecule has 7 nitrogen and oxygen atoms in total. The number of hydrogen-bond donors (Lipinski definition) is 2. The summed E-state index contributed by atoms with van der Waals surface area (Å²) < 4.78 is 1.63. The number of nitrogens with one attached hydrogen (secondary N) is 1. The summed E-state index contributed by atoms with van der Waals surface area (Å²) in [5.41, 5.74) is 5.93. The number of pyridine rings is 1. The maximum absolute atomic E-state index is 11.6. The van der Waals surface area contributed by atoms with Gasteiger partial charge in [-0.15, -0.1) is 5.10 Å². The Bertz CT molecular complexity index is 724. The molecule has 2 heterocycles. The third-order valence-electron chi connectivity index (χ3n) is 2.79. The first-order valence-electron chi connectivity index (χ1n) is 5.70. The number of anilines is 1. The van der Waals surface area contributed by atoms with Crippen molar-refractivity contribution >= 4 is 17.4 Å². The number of aromatic nitrogens is 4. The lowest BCUT2D eigenvalue weighted by Crippen LogP contribution is -2.16. The molecule has 0 aliphatic heterocycles. The third-order valence-corrected chi connectivity index (χ3v) is 3.69. The predicted molar refractivity (Wildman–Crippen MR) is 68.6 cm³/mol. The third kappa shape index (κ3) is 2.20. The molecule has 8 heteroatoms. The van der Waals surface area contributed by atoms with Crippen molar-refractivity contribution < 1.29 is 0 Å². The summed E-state index contributed by atoms with van der Waals surface area (Å²) in [5.74, 6) is 0. The second kappa shape index (κ2) is 4.44. The maximum atomic E-state index is 11.6. The second-order valence-electron chi connectivity index (χ2n) is 4.21. The maximum Gasteiger partial charge on any atom is 0.344 e. The fraction of sp³-hybridized carbons (Fsp3) is 0.273. The summed E-state index contributed by atoms with van der Waals surface area (Å²) in [7, 11) is 0. The van der Waals surface area contributed by atoms with Crippen molar-refractivity contribution in [2.45, 2.75) is 29.1 Å². The van der Waals surface area contributed by atoms with Gasteiger partial charge in [0.05, 0.1) is 5.69 Å². The molecule has 0 amide bonds. The number of nitriles is 1. The van der Waals surface area contributed by atoms with Crippen LogP contribution in [-0.2, 0) is 0 Å². The Morgan fingerprint density at radius 2 is 2.32 bits per heavy atom. The number of H-pyrrole nitrogens is 1. The fourth-order valence-corrected chi connectivity index (χ4v) is 2.59. The molecule has 2 aromatic rings. The van der Waals surface area contributed by atoms with Gasteiger partial charge in [-0.3, -0.25) is 4.57 Å². The monoisotopic (exact) mass is 274 g/mol. The van der Waals surface area contributed by atoms with Crippen molar-refractivity contribution in [2.75, 3.05) is 5.73 Å². The van der Waals surface area contributed by atoms with Gasteiger partial charge < -0.3 is 5.73 Å². The summed E-state index contributed by atoms with van der Waals surface area (Å²) in [6, 6.07) is 5.50. The zero-order valence-electron chi connectivity index (χ0n) is 9.83. The van der Waals surface area contributed by atoms with Crippen molar-refractivity contribution in [1.82, 2.24) is 19.7 Å². The molecule has 3 rings (SSSR count). The molecule has 19 heavy (non-hydrogen) atoms. The van der Waals surface area contributed by atoms with E-state index in [1.807, 2.05) is 6.07 Å². The Hall–Kier alpha value is -2.27. The van der Waals surface area contributed by atoms with Gasteiger partial charge in [0.15, 0.2) is 10.9 Å². The van der Waals surface area contributed by atoms with E-state index in [2.05, 4.69) is 15.2 Å². The molecule has 0 saturated heterocycles. The first-order chi connectivity index (χ1) is 9.19. The van der Waals surface area contributed by atoms with Crippen LogP contribution >= 0.6 is 11.8 Å². The van der Waals surface area contributed by atoms with Gasteiger partial charge in [-0.05, 0) is 36.7 Å². The van der Waals surface area contributed by atoms with E-state index in [1.165, 1.54) is 11.8 Å². The molecular weight excluding hydrogens is 264 g/mol. The SMILES string of the molecule is N#Cc1nc(Sc2n[nH]c(=O)n2C2CC2)ccc1N. The Balaban J connectivity index is 1.94. The van der Waals surface area contributed by atoms with Gasteiger partial charge in [0.2, 0.25) is 0 Å². The van der Waals surface area contributed by atoms with Crippen molar-refractivity contribution in [3.8, 4) is 6.07 Å². The van der Waals surface area contributed by atoms with Gasteiger partial charge in [0, 0.05) is 6.04 Å². The highest BCUT2D eigenvalue weighted by molar-refractivity contribution is 7.99. The highest BCUT2D eigenvalue weighted by atomic mass is 32.2. The predicted octanol–water partition coefficient (Wildman–Crippen LogP) is 0.906. The van der Waals surface area contributed by atoms with Crippen LogP contribution < -0.4 is 11.4 Å². The van der Waals surface area contributed by atoms with Crippen molar-refractivity contribution in [3.63, 3.8) is 0 Å². The Kier molecular flexibility index (Phi) is 2.76. The van der Waals surface area contributed by atoms with E-state index in [4.69, 9.17) is 11.0 Å². The van der Waals surface area contributed by atoms with Crippen LogP contribution in [0.4, 0.5) is 5.69 Å². The molecule has 1 saturated carbocycles. The number of nitrogens with zero attached hydrogens (tertiary/aromatic N) is 4. The molecule has 3 N–H and O–H groups in total. The lowest BCUT2D eigenvalue weighted by Gasteiger charge is -2.03. The molecule has 1 fully saturated rings. The van der Waals surface area contributed by atoms with E-state index in [-0.39, 0.29) is 17.4 Å². The first-order valence-corrected chi connectivity index (χ1v) is 6.52. The minimum Gasteiger partial charge on any atom is -0.396 e. The van der Waals surface area contributed by atoms with E-state index < -0.39 is 0 Å². The largest absolute Gasteiger partial charge is 0.396 e. The van der Waals surface area contributed by atoms with Crippen molar-refractivity contribution in [2.24, 2.45) is 0 Å². The number of aromatic amines is 1. The van der Waals surface area contributed by atoms with E-state index in [9.17, 15) is 4.79 Å². The van der Waals surface area contributed by atoms with E-state index in [0.717, 1.165) is 12.8 Å². The Morgan fingerprint density at radius 1 is 1.53 bits per heavy atom. The molecule has 0 atom stereocenters. The van der Waals surface area contributed by atoms with Crippen LogP contribution in [-0.4, -0.2) is 19.7 Å². The molecule has 0 unspecified atom stereocenters. The smallest absolute Gasteiger partial charge is 0.344 e. The molecule has 1 aliphatic rings. The number of hydrogen-bond acceptors (Lipinski definition) is 6. The van der Waals surface area contributed by atoms with Crippen LogP contribution in [0.3, 0.4) is 0 Å². The second-order valence-corrected chi connectivity index (χ2v) is 5.20. The summed E-state index contributed by atoms with van der Waals surface area (Å²) in [6.07, 6.45) is 1.98. The van der Waals surface area contributed by atoms with E-state index in [0.29, 0.717) is 15.9 Å². The minimum absolute atomic E-state index is 0.181. The Labute approximate surface area is 112 Å². The summed E-state index contributed by atoms with van der Waals surface area (Å²) in [4.78, 5) is 15.8. The molecule has 0 spiro atoms. The Morgan fingerprint density at radius 3 is 3.00 bits per heavy atom. The van der Waals surface area contributed by atoms with Crippen LogP contribution in [0.15, 0.2) is 27.1 Å². The van der Waals surface area contributed by atoms with Crippen molar-refractivity contribution in [3.05, 3.63) is 28.3 Å². The highest BCUT2D eigenvalue weighted by Crippen LogP contribution is 2.37. The zero-order chi connectivity index (χ0) is 13.4. The highest BCUT2D eigenvalue weighted by Gasteiger charge is 2.28. The standard InChI is InChI=1S/C11H10N6OS/c12-5-8-7(13)3-4-9(14-8)19-11-16-15-10(18)17(11)6-1-2-6/h3-4,6H,1-2,13H2,(H,15,18). The van der Waals surface area contributed by atoms with E-state index in [1.54, 1.807) is 16.7 Å². The molecular formula is C11H10N6OS. The van der Waals surface area contributed by atoms with Crippen LogP contribution in [0.2, 0.25) is 0 Å². The summed E-state index contributed by atoms with van der Waals surface area (Å²) in [6.45, 7) is 0. The normalized spacial score (nSPS) is 14.3. The summed E-state index contributed by atoms with van der Waals surface area (Å²) >= 11 is 1.24. The van der Waals surface area contributed by atoms with Crippen LogP contribution in [0.5, 0.6) is 0 Å². The molecule has 96 valence electrons. The van der Waals surface area contributed by atoms with Gasteiger partial charge in [-0.1, -0.05) is 0 Å². The van der Waals surface area contributed by atoms with Crippen molar-refractivity contribution in [1.29, 1.82) is 5.26 Å². The molecule has 1 aliphatic carbocycles. The molecule has 0 aromatic carbocycles. The van der Waals surface area contributed by atoms with Gasteiger partial charge in [-0.2, -0.15) is 5.26 Å². The van der Waals surface area contributed by atoms with Gasteiger partial charge in [-0.25, -0.2) is 14.9 Å². The van der Waals surface area contributed by atoms with E-state index >= 15 is 0 Å². The summed E-state index contributed by atoms with van der Waals surface area (Å²) in [5, 5.41) is 16.5.